The van der Waals surface area contributed by atoms with Gasteiger partial charge in [-0.25, -0.2) is 23.4 Å². The monoisotopic (exact) mass is 750 g/mol. The molecule has 9 rings (SSSR count). The van der Waals surface area contributed by atoms with Crippen LogP contribution in [0.15, 0.2) is 55.1 Å². The molecule has 2 saturated heterocycles. The molecule has 3 fully saturated rings. The van der Waals surface area contributed by atoms with Crippen LogP contribution in [0, 0.1) is 0 Å². The number of pyridine rings is 1. The minimum Gasteiger partial charge on any atom is -0.352 e. The van der Waals surface area contributed by atoms with Crippen LogP contribution in [0.5, 0.6) is 0 Å². The molecule has 16 nitrogen and oxygen atoms in total. The van der Waals surface area contributed by atoms with Gasteiger partial charge in [-0.2, -0.15) is 14.3 Å². The lowest BCUT2D eigenvalue weighted by molar-refractivity contribution is -0.137. The normalized spacial score (nSPS) is 19.8. The van der Waals surface area contributed by atoms with E-state index in [-0.39, 0.29) is 29.1 Å². The molecule has 1 saturated carbocycles. The van der Waals surface area contributed by atoms with E-state index < -0.39 is 10.0 Å². The fourth-order valence-corrected chi connectivity index (χ4v) is 9.16. The van der Waals surface area contributed by atoms with E-state index in [1.807, 2.05) is 16.9 Å². The highest BCUT2D eigenvalue weighted by molar-refractivity contribution is 7.90. The molecule has 2 N–H and O–H groups in total. The predicted molar refractivity (Wildman–Crippen MR) is 201 cm³/mol. The molecule has 4 aliphatic rings. The van der Waals surface area contributed by atoms with E-state index in [1.165, 1.54) is 29.1 Å². The van der Waals surface area contributed by atoms with E-state index >= 15 is 0 Å². The Kier molecular flexibility index (Phi) is 8.66. The Morgan fingerprint density at radius 1 is 0.944 bits per heavy atom. The van der Waals surface area contributed by atoms with Crippen molar-refractivity contribution in [2.45, 2.75) is 76.5 Å². The second-order valence-corrected chi connectivity index (χ2v) is 17.0. The van der Waals surface area contributed by atoms with Crippen molar-refractivity contribution in [3.63, 3.8) is 0 Å². The summed E-state index contributed by atoms with van der Waals surface area (Å²) in [4.78, 5) is 44.8. The highest BCUT2D eigenvalue weighted by Gasteiger charge is 2.38. The Morgan fingerprint density at radius 3 is 2.54 bits per heavy atom. The predicted octanol–water partition coefficient (Wildman–Crippen LogP) is 3.19. The quantitative estimate of drug-likeness (QED) is 0.199. The van der Waals surface area contributed by atoms with Crippen LogP contribution in [-0.4, -0.2) is 101 Å². The topological polar surface area (TPSA) is 176 Å². The molecule has 0 radical (unpaired) electrons. The molecule has 4 aromatic heterocycles. The first kappa shape index (κ1) is 34.5. The van der Waals surface area contributed by atoms with Gasteiger partial charge in [0.1, 0.15) is 11.6 Å². The number of nitrogens with one attached hydrogen (secondary N) is 2. The minimum absolute atomic E-state index is 0.123. The number of anilines is 3. The van der Waals surface area contributed by atoms with E-state index in [2.05, 4.69) is 72.4 Å². The first-order valence-corrected chi connectivity index (χ1v) is 20.0. The van der Waals surface area contributed by atoms with Crippen LogP contribution in [0.1, 0.15) is 62.3 Å². The zero-order valence-corrected chi connectivity index (χ0v) is 31.0. The second-order valence-electron chi connectivity index (χ2n) is 14.9. The zero-order valence-electron chi connectivity index (χ0n) is 30.2. The van der Waals surface area contributed by atoms with E-state index in [4.69, 9.17) is 10.1 Å². The van der Waals surface area contributed by atoms with E-state index in [9.17, 15) is 18.0 Å². The van der Waals surface area contributed by atoms with Crippen LogP contribution >= 0.6 is 0 Å². The first-order chi connectivity index (χ1) is 26.1. The summed E-state index contributed by atoms with van der Waals surface area (Å²) < 4.78 is 28.3. The second kappa shape index (κ2) is 13.5. The number of hydrogen-bond donors (Lipinski definition) is 2. The standard InChI is InChI=1S/C37H42N12O4S/c1-23(2)49-31-16-33(41-32-9-10-38-35(42-32)27-17-40-48(22-27)54(52,53)28-5-6-28)39-18-29(31)36(44-49)46-13-11-45(12-14-46)19-24-3-4-25-20-47(21-26(25)15-24)30-7-8-34(50)43-37(30)51/h3-4,9-10,15-18,22-23,28,30H,5-8,11-14,19-21H2,1-2H3,(H,43,50,51)(H,38,39,41,42). The summed E-state index contributed by atoms with van der Waals surface area (Å²) in [7, 11) is -3.48. The van der Waals surface area contributed by atoms with Gasteiger partial charge in [-0.1, -0.05) is 18.2 Å². The molecular weight excluding hydrogens is 709 g/mol. The number of amides is 2. The van der Waals surface area contributed by atoms with Gasteiger partial charge in [-0.3, -0.25) is 29.4 Å². The molecule has 2 amide bonds. The maximum absolute atomic E-state index is 12.6. The van der Waals surface area contributed by atoms with Crippen molar-refractivity contribution in [2.75, 3.05) is 36.4 Å². The third kappa shape index (κ3) is 6.60. The molecule has 1 atom stereocenters. The molecular formula is C37H42N12O4S. The number of piperazine rings is 1. The number of piperidine rings is 1. The van der Waals surface area contributed by atoms with Gasteiger partial charge < -0.3 is 10.2 Å². The third-order valence-electron chi connectivity index (χ3n) is 10.7. The van der Waals surface area contributed by atoms with Gasteiger partial charge >= 0.3 is 0 Å². The average molecular weight is 751 g/mol. The molecule has 54 heavy (non-hydrogen) atoms. The summed E-state index contributed by atoms with van der Waals surface area (Å²) in [6.45, 7) is 9.99. The number of carbonyl (C=O) groups is 2. The molecule has 17 heteroatoms. The highest BCUT2D eigenvalue weighted by Crippen LogP contribution is 2.33. The van der Waals surface area contributed by atoms with E-state index in [0.717, 1.165) is 66.6 Å². The molecule has 7 heterocycles. The summed E-state index contributed by atoms with van der Waals surface area (Å²) >= 11 is 0. The van der Waals surface area contributed by atoms with Gasteiger partial charge in [0.25, 0.3) is 10.0 Å². The molecule has 1 unspecified atom stereocenters. The molecule has 0 bridgehead atoms. The maximum atomic E-state index is 12.6. The molecule has 1 aromatic carbocycles. The Labute approximate surface area is 312 Å². The summed E-state index contributed by atoms with van der Waals surface area (Å²) in [5.41, 5.74) is 5.25. The summed E-state index contributed by atoms with van der Waals surface area (Å²) in [6, 6.07) is 10.3. The number of aromatic nitrogens is 7. The van der Waals surface area contributed by atoms with Gasteiger partial charge in [-0.05, 0) is 55.9 Å². The molecule has 280 valence electrons. The number of nitrogens with zero attached hydrogens (tertiary/aromatic N) is 10. The van der Waals surface area contributed by atoms with Crippen molar-refractivity contribution in [2.24, 2.45) is 0 Å². The third-order valence-corrected chi connectivity index (χ3v) is 12.8. The molecule has 0 spiro atoms. The number of rotatable bonds is 10. The molecule has 1 aliphatic carbocycles. The summed E-state index contributed by atoms with van der Waals surface area (Å²) in [5.74, 6) is 2.04. The lowest BCUT2D eigenvalue weighted by Gasteiger charge is -2.35. The number of benzene rings is 1. The Hall–Kier alpha value is -5.26. The van der Waals surface area contributed by atoms with Crippen molar-refractivity contribution in [1.82, 2.24) is 49.0 Å². The first-order valence-electron chi connectivity index (χ1n) is 18.5. The minimum atomic E-state index is -3.48. The van der Waals surface area contributed by atoms with Gasteiger partial charge in [0.15, 0.2) is 11.6 Å². The fraction of sp³-hybridized carbons (Fsp3) is 0.432. The van der Waals surface area contributed by atoms with Crippen LogP contribution in [0.2, 0.25) is 0 Å². The maximum Gasteiger partial charge on any atom is 0.256 e. The van der Waals surface area contributed by atoms with Crippen molar-refractivity contribution < 1.29 is 18.0 Å². The Bertz CT molecular complexity index is 2380. The smallest absolute Gasteiger partial charge is 0.256 e. The zero-order chi connectivity index (χ0) is 37.1. The van der Waals surface area contributed by atoms with E-state index in [0.29, 0.717) is 48.7 Å². The number of hydrogen-bond acceptors (Lipinski definition) is 13. The number of fused-ring (bicyclic) bond motifs is 2. The fourth-order valence-electron chi connectivity index (χ4n) is 7.69. The summed E-state index contributed by atoms with van der Waals surface area (Å²) in [5, 5.41) is 15.6. The average Bonchev–Trinajstić information content (AvgIpc) is 3.57. The number of carbonyl (C=O) groups excluding carboxylic acids is 2. The van der Waals surface area contributed by atoms with Crippen molar-refractivity contribution in [3.05, 3.63) is 71.8 Å². The van der Waals surface area contributed by atoms with Crippen LogP contribution < -0.4 is 15.5 Å². The Balaban J connectivity index is 0.856. The van der Waals surface area contributed by atoms with Gasteiger partial charge in [0, 0.05) is 76.7 Å². The lowest BCUT2D eigenvalue weighted by Crippen LogP contribution is -2.50. The van der Waals surface area contributed by atoms with Gasteiger partial charge in [-0.15, -0.1) is 0 Å². The van der Waals surface area contributed by atoms with Crippen LogP contribution in [0.4, 0.5) is 17.5 Å². The van der Waals surface area contributed by atoms with E-state index in [1.54, 1.807) is 12.3 Å². The molecule has 5 aromatic rings. The van der Waals surface area contributed by atoms with Crippen LogP contribution in [0.3, 0.4) is 0 Å². The summed E-state index contributed by atoms with van der Waals surface area (Å²) in [6.07, 6.45) is 8.70. The Morgan fingerprint density at radius 2 is 1.76 bits per heavy atom. The largest absolute Gasteiger partial charge is 0.352 e. The van der Waals surface area contributed by atoms with Gasteiger partial charge in [0.05, 0.1) is 40.2 Å². The number of imide groups is 1. The van der Waals surface area contributed by atoms with Gasteiger partial charge in [0.2, 0.25) is 11.8 Å². The van der Waals surface area contributed by atoms with Crippen molar-refractivity contribution in [1.29, 1.82) is 0 Å². The van der Waals surface area contributed by atoms with Crippen molar-refractivity contribution in [3.8, 4) is 11.4 Å². The van der Waals surface area contributed by atoms with Crippen LogP contribution in [0.25, 0.3) is 22.3 Å². The lowest BCUT2D eigenvalue weighted by atomic mass is 10.0. The van der Waals surface area contributed by atoms with Crippen LogP contribution in [-0.2, 0) is 39.2 Å². The SMILES string of the molecule is CC(C)n1nc(N2CCN(Cc3ccc4c(c3)CN(C3CCC(=O)NC3=O)C4)CC2)c2cnc(Nc3ccnc(-c4cnn(S(=O)(=O)C5CC5)c4)n3)cc21. The van der Waals surface area contributed by atoms with Crippen molar-refractivity contribution >= 4 is 50.2 Å². The highest BCUT2D eigenvalue weighted by atomic mass is 32.2. The molecule has 3 aliphatic heterocycles.